The van der Waals surface area contributed by atoms with E-state index in [-0.39, 0.29) is 0 Å². The van der Waals surface area contributed by atoms with E-state index in [9.17, 15) is 24.9 Å². The second kappa shape index (κ2) is 10.8. The molecule has 1 fully saturated rings. The van der Waals surface area contributed by atoms with Crippen molar-refractivity contribution in [3.63, 3.8) is 0 Å². The molecule has 0 aromatic heterocycles. The van der Waals surface area contributed by atoms with Crippen molar-refractivity contribution in [3.05, 3.63) is 24.8 Å². The first-order valence-electron chi connectivity index (χ1n) is 9.37. The van der Waals surface area contributed by atoms with Crippen molar-refractivity contribution < 1.29 is 43.9 Å². The normalized spacial score (nSPS) is 28.3. The van der Waals surface area contributed by atoms with E-state index in [1.807, 2.05) is 0 Å². The Hall–Kier alpha value is -1.78. The van der Waals surface area contributed by atoms with Crippen LogP contribution in [-0.2, 0) is 28.5 Å². The summed E-state index contributed by atoms with van der Waals surface area (Å²) in [5, 5.41) is 29.8. The van der Waals surface area contributed by atoms with Gasteiger partial charge in [-0.05, 0) is 26.7 Å². The van der Waals surface area contributed by atoms with Crippen LogP contribution in [0.3, 0.4) is 0 Å². The Kier molecular flexibility index (Phi) is 9.44. The van der Waals surface area contributed by atoms with Gasteiger partial charge in [0.25, 0.3) is 0 Å². The van der Waals surface area contributed by atoms with Gasteiger partial charge in [-0.25, -0.2) is 0 Å². The first kappa shape index (κ1) is 25.3. The molecule has 0 saturated carbocycles. The maximum atomic E-state index is 11.6. The number of carbonyl (C=O) groups excluding carboxylic acids is 2. The maximum absolute atomic E-state index is 11.6. The van der Waals surface area contributed by atoms with Crippen LogP contribution in [-0.4, -0.2) is 76.3 Å². The summed E-state index contributed by atoms with van der Waals surface area (Å²) >= 11 is 0. The highest BCUT2D eigenvalue weighted by Gasteiger charge is 2.49. The molecule has 6 unspecified atom stereocenters. The smallest absolute Gasteiger partial charge is 0.303 e. The van der Waals surface area contributed by atoms with Crippen LogP contribution in [0.2, 0.25) is 0 Å². The van der Waals surface area contributed by atoms with Crippen LogP contribution in [0.4, 0.5) is 0 Å². The Bertz CT molecular complexity index is 601. The summed E-state index contributed by atoms with van der Waals surface area (Å²) in [7, 11) is 0. The molecule has 0 bridgehead atoms. The van der Waals surface area contributed by atoms with Gasteiger partial charge in [-0.2, -0.15) is 0 Å². The van der Waals surface area contributed by atoms with E-state index in [0.29, 0.717) is 12.8 Å². The first-order valence-corrected chi connectivity index (χ1v) is 9.37. The lowest BCUT2D eigenvalue weighted by Gasteiger charge is -2.45. The third kappa shape index (κ3) is 7.20. The number of aliphatic hydroxyl groups is 3. The molecule has 1 aliphatic heterocycles. The molecule has 1 aliphatic rings. The van der Waals surface area contributed by atoms with E-state index in [0.717, 1.165) is 12.5 Å². The summed E-state index contributed by atoms with van der Waals surface area (Å²) in [5.41, 5.74) is -0.387. The molecule has 0 aliphatic carbocycles. The second-order valence-corrected chi connectivity index (χ2v) is 7.50. The molecule has 6 atom stereocenters. The van der Waals surface area contributed by atoms with Gasteiger partial charge in [0.05, 0.1) is 6.61 Å². The number of rotatable bonds is 10. The van der Waals surface area contributed by atoms with Crippen molar-refractivity contribution in [2.45, 2.75) is 82.9 Å². The van der Waals surface area contributed by atoms with E-state index >= 15 is 0 Å². The summed E-state index contributed by atoms with van der Waals surface area (Å²) in [5.74, 6) is -1.22. The topological polar surface area (TPSA) is 132 Å². The highest BCUT2D eigenvalue weighted by atomic mass is 16.7. The lowest BCUT2D eigenvalue weighted by molar-refractivity contribution is -0.333. The lowest BCUT2D eigenvalue weighted by atomic mass is 9.94. The molecule has 9 heteroatoms. The molecule has 9 nitrogen and oxygen atoms in total. The Labute approximate surface area is 170 Å². The van der Waals surface area contributed by atoms with Crippen LogP contribution < -0.4 is 0 Å². The van der Waals surface area contributed by atoms with E-state index in [4.69, 9.17) is 18.9 Å². The predicted molar refractivity (Wildman–Crippen MR) is 103 cm³/mol. The fourth-order valence-corrected chi connectivity index (χ4v) is 3.01. The molecule has 166 valence electrons. The quantitative estimate of drug-likeness (QED) is 0.346. The highest BCUT2D eigenvalue weighted by molar-refractivity contribution is 5.66. The summed E-state index contributed by atoms with van der Waals surface area (Å²) in [6.07, 6.45) is -5.09. The number of hydrogen-bond donors (Lipinski definition) is 3. The third-order valence-electron chi connectivity index (χ3n) is 4.65. The maximum Gasteiger partial charge on any atom is 0.303 e. The average Bonchev–Trinajstić information content (AvgIpc) is 2.63. The van der Waals surface area contributed by atoms with Crippen molar-refractivity contribution in [3.8, 4) is 0 Å². The molecule has 1 heterocycles. The van der Waals surface area contributed by atoms with Crippen molar-refractivity contribution in [2.24, 2.45) is 0 Å². The van der Waals surface area contributed by atoms with Crippen molar-refractivity contribution >= 4 is 11.9 Å². The predicted octanol–water partition coefficient (Wildman–Crippen LogP) is 0.606. The number of aliphatic hydroxyl groups excluding tert-OH is 3. The van der Waals surface area contributed by atoms with Crippen LogP contribution in [0.1, 0.15) is 40.5 Å². The molecular weight excluding hydrogens is 384 g/mol. The minimum atomic E-state index is -1.54. The van der Waals surface area contributed by atoms with Gasteiger partial charge in [0.15, 0.2) is 12.4 Å². The van der Waals surface area contributed by atoms with Gasteiger partial charge in [-0.1, -0.05) is 24.8 Å². The van der Waals surface area contributed by atoms with Gasteiger partial charge in [-0.15, -0.1) is 0 Å². The molecule has 1 saturated heterocycles. The van der Waals surface area contributed by atoms with Crippen LogP contribution >= 0.6 is 0 Å². The zero-order chi connectivity index (χ0) is 22.4. The van der Waals surface area contributed by atoms with E-state index in [2.05, 4.69) is 13.2 Å². The third-order valence-corrected chi connectivity index (χ3v) is 4.65. The van der Waals surface area contributed by atoms with Gasteiger partial charge in [0, 0.05) is 13.8 Å². The molecule has 0 amide bonds. The zero-order valence-corrected chi connectivity index (χ0v) is 17.4. The number of carbonyl (C=O) groups is 2. The monoisotopic (exact) mass is 416 g/mol. The Balaban J connectivity index is 3.08. The molecule has 0 spiro atoms. The minimum absolute atomic E-state index is 0.372. The number of ether oxygens (including phenoxy) is 4. The van der Waals surface area contributed by atoms with Gasteiger partial charge >= 0.3 is 11.9 Å². The average molecular weight is 416 g/mol. The summed E-state index contributed by atoms with van der Waals surface area (Å²) < 4.78 is 22.0. The zero-order valence-electron chi connectivity index (χ0n) is 17.4. The van der Waals surface area contributed by atoms with Crippen molar-refractivity contribution in [2.75, 3.05) is 6.61 Å². The highest BCUT2D eigenvalue weighted by Crippen LogP contribution is 2.31. The van der Waals surface area contributed by atoms with E-state index in [1.54, 1.807) is 19.9 Å². The molecular formula is C20H32O9. The molecule has 0 radical (unpaired) electrons. The molecule has 0 aromatic carbocycles. The second-order valence-electron chi connectivity index (χ2n) is 7.50. The van der Waals surface area contributed by atoms with E-state index < -0.39 is 61.0 Å². The van der Waals surface area contributed by atoms with Crippen molar-refractivity contribution in [1.29, 1.82) is 0 Å². The Morgan fingerprint density at radius 1 is 1.21 bits per heavy atom. The van der Waals surface area contributed by atoms with Crippen LogP contribution in [0.25, 0.3) is 0 Å². The van der Waals surface area contributed by atoms with E-state index in [1.165, 1.54) is 6.92 Å². The SMILES string of the molecule is C=CC(=C)CCC(OC(C)=O)C(C)(C)OC1OC(CO)C(O)C(O)C1OC(C)=O. The van der Waals surface area contributed by atoms with Gasteiger partial charge in [0.1, 0.15) is 30.0 Å². The molecule has 1 rings (SSSR count). The Morgan fingerprint density at radius 2 is 1.83 bits per heavy atom. The first-order chi connectivity index (χ1) is 13.4. The largest absolute Gasteiger partial charge is 0.459 e. The molecule has 3 N–H and O–H groups in total. The summed E-state index contributed by atoms with van der Waals surface area (Å²) in [4.78, 5) is 23.0. The fourth-order valence-electron chi connectivity index (χ4n) is 3.01. The standard InChI is InChI=1S/C20H32O9/c1-7-11(2)8-9-15(26-12(3)22)20(5,6)29-19-18(27-13(4)23)17(25)16(24)14(10-21)28-19/h7,14-19,21,24-25H,1-2,8-10H2,3-6H3. The van der Waals surface area contributed by atoms with Crippen LogP contribution in [0, 0.1) is 0 Å². The number of esters is 2. The summed E-state index contributed by atoms with van der Waals surface area (Å²) in [6, 6.07) is 0. The summed E-state index contributed by atoms with van der Waals surface area (Å²) in [6.45, 7) is 12.6. The molecule has 0 aromatic rings. The van der Waals surface area contributed by atoms with Crippen LogP contribution in [0.5, 0.6) is 0 Å². The van der Waals surface area contributed by atoms with Gasteiger partial charge < -0.3 is 34.3 Å². The number of allylic oxidation sites excluding steroid dienone is 2. The molecule has 29 heavy (non-hydrogen) atoms. The minimum Gasteiger partial charge on any atom is -0.459 e. The van der Waals surface area contributed by atoms with Crippen LogP contribution in [0.15, 0.2) is 24.8 Å². The number of hydrogen-bond acceptors (Lipinski definition) is 9. The Morgan fingerprint density at radius 3 is 2.31 bits per heavy atom. The van der Waals surface area contributed by atoms with Crippen molar-refractivity contribution in [1.82, 2.24) is 0 Å². The van der Waals surface area contributed by atoms with Gasteiger partial charge in [-0.3, -0.25) is 9.59 Å². The van der Waals surface area contributed by atoms with Gasteiger partial charge in [0.2, 0.25) is 0 Å². The fraction of sp³-hybridized carbons (Fsp3) is 0.700. The lowest BCUT2D eigenvalue weighted by Crippen LogP contribution is -2.62.